The summed E-state index contributed by atoms with van der Waals surface area (Å²) in [4.78, 5) is 9.94. The van der Waals surface area contributed by atoms with E-state index in [0.717, 1.165) is 12.7 Å². The highest BCUT2D eigenvalue weighted by atomic mass is 16.1. The van der Waals surface area contributed by atoms with Gasteiger partial charge < -0.3 is 0 Å². The minimum atomic E-state index is 0.804. The molecule has 0 amide bonds. The standard InChI is InChI=1S/C14H24O/c1-2-3-4-5-6-7-8-9-10-11-12-13-14-15/h10-14H,2-9H2,1H3/b11-10+,13-12+. The lowest BCUT2D eigenvalue weighted by atomic mass is 10.1. The van der Waals surface area contributed by atoms with Gasteiger partial charge in [-0.2, -0.15) is 0 Å². The fourth-order valence-corrected chi connectivity index (χ4v) is 1.50. The second-order valence-corrected chi connectivity index (χ2v) is 3.86. The van der Waals surface area contributed by atoms with Gasteiger partial charge in [0.05, 0.1) is 0 Å². The number of carbonyl (C=O) groups is 1. The summed E-state index contributed by atoms with van der Waals surface area (Å²) >= 11 is 0. The van der Waals surface area contributed by atoms with Crippen LogP contribution in [0.2, 0.25) is 0 Å². The van der Waals surface area contributed by atoms with Gasteiger partial charge in [0.25, 0.3) is 0 Å². The quantitative estimate of drug-likeness (QED) is 0.224. The van der Waals surface area contributed by atoms with E-state index in [-0.39, 0.29) is 0 Å². The van der Waals surface area contributed by atoms with E-state index in [1.54, 1.807) is 6.08 Å². The van der Waals surface area contributed by atoms with Crippen LogP contribution in [-0.2, 0) is 4.79 Å². The molecule has 0 heterocycles. The van der Waals surface area contributed by atoms with Crippen molar-refractivity contribution in [1.82, 2.24) is 0 Å². The van der Waals surface area contributed by atoms with E-state index in [9.17, 15) is 4.79 Å². The molecule has 0 saturated heterocycles. The van der Waals surface area contributed by atoms with Crippen LogP contribution >= 0.6 is 0 Å². The van der Waals surface area contributed by atoms with E-state index in [1.165, 1.54) is 51.0 Å². The Morgan fingerprint density at radius 3 is 2.13 bits per heavy atom. The highest BCUT2D eigenvalue weighted by molar-refractivity contribution is 5.65. The SMILES string of the molecule is CCCCCCCCC/C=C/C=C/C=O. The van der Waals surface area contributed by atoms with Crippen LogP contribution in [0, 0.1) is 0 Å². The Bertz CT molecular complexity index is 180. The number of allylic oxidation sites excluding steroid dienone is 4. The van der Waals surface area contributed by atoms with Crippen LogP contribution in [0.3, 0.4) is 0 Å². The second kappa shape index (κ2) is 13.2. The summed E-state index contributed by atoms with van der Waals surface area (Å²) in [7, 11) is 0. The zero-order valence-electron chi connectivity index (χ0n) is 9.95. The Hall–Kier alpha value is -0.850. The van der Waals surface area contributed by atoms with Crippen molar-refractivity contribution in [2.24, 2.45) is 0 Å². The Balaban J connectivity index is 3.07. The van der Waals surface area contributed by atoms with Crippen LogP contribution < -0.4 is 0 Å². The van der Waals surface area contributed by atoms with Crippen molar-refractivity contribution in [2.75, 3.05) is 0 Å². The average Bonchev–Trinajstić information content (AvgIpc) is 2.26. The average molecular weight is 208 g/mol. The Morgan fingerprint density at radius 2 is 1.47 bits per heavy atom. The van der Waals surface area contributed by atoms with Crippen LogP contribution in [0.1, 0.15) is 58.3 Å². The molecule has 0 unspecified atom stereocenters. The lowest BCUT2D eigenvalue weighted by Crippen LogP contribution is -1.78. The van der Waals surface area contributed by atoms with Gasteiger partial charge in [-0.05, 0) is 18.9 Å². The molecule has 86 valence electrons. The van der Waals surface area contributed by atoms with Crippen LogP contribution in [0.4, 0.5) is 0 Å². The Kier molecular flexibility index (Phi) is 12.4. The second-order valence-electron chi connectivity index (χ2n) is 3.86. The van der Waals surface area contributed by atoms with Gasteiger partial charge in [-0.25, -0.2) is 0 Å². The molecule has 1 nitrogen and oxygen atoms in total. The minimum Gasteiger partial charge on any atom is -0.299 e. The first kappa shape index (κ1) is 14.2. The number of hydrogen-bond donors (Lipinski definition) is 0. The summed E-state index contributed by atoms with van der Waals surface area (Å²) in [6.45, 7) is 2.25. The molecule has 0 aliphatic heterocycles. The number of hydrogen-bond acceptors (Lipinski definition) is 1. The molecule has 0 aromatic carbocycles. The maximum Gasteiger partial charge on any atom is 0.142 e. The predicted molar refractivity (Wildman–Crippen MR) is 67.0 cm³/mol. The third-order valence-corrected chi connectivity index (χ3v) is 2.41. The van der Waals surface area contributed by atoms with Gasteiger partial charge in [-0.15, -0.1) is 0 Å². The van der Waals surface area contributed by atoms with Crippen molar-refractivity contribution in [1.29, 1.82) is 0 Å². The van der Waals surface area contributed by atoms with Gasteiger partial charge in [0.15, 0.2) is 0 Å². The predicted octanol–water partition coefficient (Wildman–Crippen LogP) is 4.44. The van der Waals surface area contributed by atoms with E-state index in [1.807, 2.05) is 6.08 Å². The minimum absolute atomic E-state index is 0.804. The van der Waals surface area contributed by atoms with Crippen molar-refractivity contribution in [3.63, 3.8) is 0 Å². The third kappa shape index (κ3) is 13.2. The summed E-state index contributed by atoms with van der Waals surface area (Å²) in [5.74, 6) is 0. The van der Waals surface area contributed by atoms with E-state index < -0.39 is 0 Å². The molecule has 0 bridgehead atoms. The van der Waals surface area contributed by atoms with Crippen LogP contribution in [-0.4, -0.2) is 6.29 Å². The zero-order valence-corrected chi connectivity index (χ0v) is 9.95. The van der Waals surface area contributed by atoms with E-state index in [4.69, 9.17) is 0 Å². The van der Waals surface area contributed by atoms with Crippen LogP contribution in [0.25, 0.3) is 0 Å². The third-order valence-electron chi connectivity index (χ3n) is 2.41. The smallest absolute Gasteiger partial charge is 0.142 e. The van der Waals surface area contributed by atoms with Crippen molar-refractivity contribution in [3.8, 4) is 0 Å². The first-order valence-electron chi connectivity index (χ1n) is 6.18. The summed E-state index contributed by atoms with van der Waals surface area (Å²) in [5.41, 5.74) is 0. The molecule has 0 rings (SSSR count). The summed E-state index contributed by atoms with van der Waals surface area (Å²) in [6.07, 6.45) is 18.8. The number of rotatable bonds is 10. The molecular formula is C14H24O. The zero-order chi connectivity index (χ0) is 11.2. The maximum atomic E-state index is 9.94. The Labute approximate surface area is 94.3 Å². The monoisotopic (exact) mass is 208 g/mol. The lowest BCUT2D eigenvalue weighted by Gasteiger charge is -1.98. The lowest BCUT2D eigenvalue weighted by molar-refractivity contribution is -0.104. The Morgan fingerprint density at radius 1 is 0.800 bits per heavy atom. The number of aldehydes is 1. The molecule has 15 heavy (non-hydrogen) atoms. The van der Waals surface area contributed by atoms with Gasteiger partial charge in [0, 0.05) is 0 Å². The molecule has 0 radical (unpaired) electrons. The molecule has 0 N–H and O–H groups in total. The summed E-state index contributed by atoms with van der Waals surface area (Å²) in [6, 6.07) is 0. The first-order valence-corrected chi connectivity index (χ1v) is 6.18. The number of carbonyl (C=O) groups excluding carboxylic acids is 1. The van der Waals surface area contributed by atoms with Crippen molar-refractivity contribution < 1.29 is 4.79 Å². The van der Waals surface area contributed by atoms with Gasteiger partial charge in [0.2, 0.25) is 0 Å². The van der Waals surface area contributed by atoms with Crippen LogP contribution in [0.5, 0.6) is 0 Å². The first-order chi connectivity index (χ1) is 7.41. The van der Waals surface area contributed by atoms with Crippen LogP contribution in [0.15, 0.2) is 24.3 Å². The molecule has 0 aliphatic rings. The largest absolute Gasteiger partial charge is 0.299 e. The normalized spacial score (nSPS) is 11.5. The van der Waals surface area contributed by atoms with Gasteiger partial charge in [-0.3, -0.25) is 4.79 Å². The molecule has 1 heteroatoms. The van der Waals surface area contributed by atoms with Crippen molar-refractivity contribution in [2.45, 2.75) is 58.3 Å². The highest BCUT2D eigenvalue weighted by Gasteiger charge is 1.88. The van der Waals surface area contributed by atoms with Crippen molar-refractivity contribution >= 4 is 6.29 Å². The molecule has 0 aliphatic carbocycles. The molecule has 0 spiro atoms. The number of unbranched alkanes of at least 4 members (excludes halogenated alkanes) is 7. The summed E-state index contributed by atoms with van der Waals surface area (Å²) < 4.78 is 0. The maximum absolute atomic E-state index is 9.94. The molecular weight excluding hydrogens is 184 g/mol. The van der Waals surface area contributed by atoms with E-state index >= 15 is 0 Å². The molecule has 0 aromatic heterocycles. The fraction of sp³-hybridized carbons (Fsp3) is 0.643. The molecule has 0 aromatic rings. The van der Waals surface area contributed by atoms with E-state index in [0.29, 0.717) is 0 Å². The fourth-order valence-electron chi connectivity index (χ4n) is 1.50. The molecule has 0 fully saturated rings. The topological polar surface area (TPSA) is 17.1 Å². The van der Waals surface area contributed by atoms with Crippen molar-refractivity contribution in [3.05, 3.63) is 24.3 Å². The highest BCUT2D eigenvalue weighted by Crippen LogP contribution is 2.08. The van der Waals surface area contributed by atoms with Gasteiger partial charge >= 0.3 is 0 Å². The van der Waals surface area contributed by atoms with Gasteiger partial charge in [0.1, 0.15) is 6.29 Å². The van der Waals surface area contributed by atoms with E-state index in [2.05, 4.69) is 13.0 Å². The molecule has 0 atom stereocenters. The van der Waals surface area contributed by atoms with Gasteiger partial charge in [-0.1, -0.05) is 63.7 Å². The molecule has 0 saturated carbocycles. The summed E-state index contributed by atoms with van der Waals surface area (Å²) in [5, 5.41) is 0.